The molecule has 1 atom stereocenters. The van der Waals surface area contributed by atoms with Gasteiger partial charge >= 0.3 is 0 Å². The van der Waals surface area contributed by atoms with Crippen molar-refractivity contribution in [3.63, 3.8) is 0 Å². The highest BCUT2D eigenvalue weighted by Crippen LogP contribution is 2.28. The van der Waals surface area contributed by atoms with Gasteiger partial charge in [0.15, 0.2) is 0 Å². The van der Waals surface area contributed by atoms with Gasteiger partial charge in [0.25, 0.3) is 5.91 Å². The summed E-state index contributed by atoms with van der Waals surface area (Å²) in [4.78, 5) is 37.5. The number of rotatable bonds is 7. The van der Waals surface area contributed by atoms with Crippen LogP contribution in [0.5, 0.6) is 0 Å². The van der Waals surface area contributed by atoms with E-state index >= 15 is 0 Å². The lowest BCUT2D eigenvalue weighted by Crippen LogP contribution is -2.52. The van der Waals surface area contributed by atoms with Crippen molar-refractivity contribution in [1.29, 1.82) is 0 Å². The Morgan fingerprint density at radius 1 is 1.20 bits per heavy atom. The van der Waals surface area contributed by atoms with Crippen LogP contribution in [0.1, 0.15) is 41.3 Å². The zero-order valence-corrected chi connectivity index (χ0v) is 14.4. The minimum atomic E-state index is -0.556. The van der Waals surface area contributed by atoms with Gasteiger partial charge in [0.05, 0.1) is 0 Å². The number of imide groups is 1. The van der Waals surface area contributed by atoms with Crippen LogP contribution in [-0.2, 0) is 22.7 Å². The molecule has 0 bridgehead atoms. The van der Waals surface area contributed by atoms with Crippen LogP contribution in [0.15, 0.2) is 18.2 Å². The molecule has 3 N–H and O–H groups in total. The minimum Gasteiger partial charge on any atom is -0.322 e. The molecule has 0 aliphatic carbocycles. The first-order valence-electron chi connectivity index (χ1n) is 8.78. The first-order chi connectivity index (χ1) is 12.1. The molecule has 2 heterocycles. The molecule has 134 valence electrons. The van der Waals surface area contributed by atoms with Crippen molar-refractivity contribution in [2.45, 2.75) is 38.9 Å². The average Bonchev–Trinajstić information content (AvgIpc) is 2.91. The predicted octanol–water partition coefficient (Wildman–Crippen LogP) is 0.147. The maximum Gasteiger partial charge on any atom is 0.255 e. The molecule has 1 aromatic rings. The monoisotopic (exact) mass is 344 g/mol. The minimum absolute atomic E-state index is 0.129. The van der Waals surface area contributed by atoms with Crippen molar-refractivity contribution >= 4 is 17.7 Å². The van der Waals surface area contributed by atoms with E-state index in [1.807, 2.05) is 18.2 Å². The highest BCUT2D eigenvalue weighted by molar-refractivity contribution is 6.05. The number of nitrogens with zero attached hydrogens (tertiary/aromatic N) is 1. The van der Waals surface area contributed by atoms with Crippen LogP contribution in [0.3, 0.4) is 0 Å². The molecule has 3 amide bonds. The number of amides is 3. The first kappa shape index (κ1) is 17.6. The quantitative estimate of drug-likeness (QED) is 0.484. The smallest absolute Gasteiger partial charge is 0.255 e. The fourth-order valence-corrected chi connectivity index (χ4v) is 3.32. The number of fused-ring (bicyclic) bond motifs is 1. The van der Waals surface area contributed by atoms with E-state index in [-0.39, 0.29) is 24.1 Å². The van der Waals surface area contributed by atoms with E-state index in [1.54, 1.807) is 4.90 Å². The number of carbonyl (C=O) groups is 3. The van der Waals surface area contributed by atoms with Gasteiger partial charge in [-0.25, -0.2) is 0 Å². The lowest BCUT2D eigenvalue weighted by molar-refractivity contribution is -0.136. The summed E-state index contributed by atoms with van der Waals surface area (Å²) in [7, 11) is 0. The Bertz CT molecular complexity index is 689. The predicted molar refractivity (Wildman–Crippen MR) is 92.7 cm³/mol. The van der Waals surface area contributed by atoms with E-state index in [0.717, 1.165) is 37.3 Å². The summed E-state index contributed by atoms with van der Waals surface area (Å²) >= 11 is 0. The molecule has 7 heteroatoms. The Labute approximate surface area is 147 Å². The second-order valence-electron chi connectivity index (χ2n) is 6.42. The van der Waals surface area contributed by atoms with Crippen molar-refractivity contribution in [3.05, 3.63) is 34.9 Å². The third-order valence-corrected chi connectivity index (χ3v) is 4.65. The van der Waals surface area contributed by atoms with Gasteiger partial charge in [0.1, 0.15) is 6.04 Å². The van der Waals surface area contributed by atoms with Gasteiger partial charge in [-0.05, 0) is 30.2 Å². The van der Waals surface area contributed by atoms with E-state index in [1.165, 1.54) is 0 Å². The maximum atomic E-state index is 12.6. The third kappa shape index (κ3) is 3.88. The molecule has 0 spiro atoms. The summed E-state index contributed by atoms with van der Waals surface area (Å²) in [6, 6.07) is 5.26. The van der Waals surface area contributed by atoms with Crippen LogP contribution < -0.4 is 16.0 Å². The largest absolute Gasteiger partial charge is 0.322 e. The summed E-state index contributed by atoms with van der Waals surface area (Å²) in [6.45, 7) is 6.00. The Morgan fingerprint density at radius 2 is 2.00 bits per heavy atom. The summed E-state index contributed by atoms with van der Waals surface area (Å²) in [5.74, 6) is -0.768. The van der Waals surface area contributed by atoms with E-state index in [2.05, 4.69) is 22.9 Å². The summed E-state index contributed by atoms with van der Waals surface area (Å²) in [6.07, 6.45) is 0.667. The van der Waals surface area contributed by atoms with Crippen molar-refractivity contribution in [2.24, 2.45) is 0 Å². The highest BCUT2D eigenvalue weighted by Gasteiger charge is 2.38. The van der Waals surface area contributed by atoms with E-state index in [0.29, 0.717) is 18.5 Å². The van der Waals surface area contributed by atoms with Crippen molar-refractivity contribution < 1.29 is 14.4 Å². The number of nitrogens with one attached hydrogen (secondary N) is 3. The van der Waals surface area contributed by atoms with Crippen LogP contribution in [0.4, 0.5) is 0 Å². The Morgan fingerprint density at radius 3 is 2.76 bits per heavy atom. The molecule has 3 rings (SSSR count). The summed E-state index contributed by atoms with van der Waals surface area (Å²) in [5, 5.41) is 8.94. The van der Waals surface area contributed by atoms with Crippen LogP contribution in [0, 0.1) is 0 Å². The molecule has 1 aromatic carbocycles. The second-order valence-corrected chi connectivity index (χ2v) is 6.42. The number of hydrogen-bond donors (Lipinski definition) is 3. The molecule has 1 unspecified atom stereocenters. The lowest BCUT2D eigenvalue weighted by Gasteiger charge is -2.29. The van der Waals surface area contributed by atoms with Crippen LogP contribution in [0.2, 0.25) is 0 Å². The van der Waals surface area contributed by atoms with Crippen LogP contribution in [-0.4, -0.2) is 48.3 Å². The van der Waals surface area contributed by atoms with Gasteiger partial charge in [-0.2, -0.15) is 0 Å². The van der Waals surface area contributed by atoms with Crippen molar-refractivity contribution in [1.82, 2.24) is 20.9 Å². The summed E-state index contributed by atoms with van der Waals surface area (Å²) in [5.41, 5.74) is 2.72. The van der Waals surface area contributed by atoms with Gasteiger partial charge in [0, 0.05) is 38.2 Å². The topological polar surface area (TPSA) is 90.5 Å². The normalized spacial score (nSPS) is 20.0. The van der Waals surface area contributed by atoms with Crippen molar-refractivity contribution in [3.8, 4) is 0 Å². The van der Waals surface area contributed by atoms with Crippen molar-refractivity contribution in [2.75, 3.05) is 19.6 Å². The first-order valence-corrected chi connectivity index (χ1v) is 8.78. The molecule has 0 radical (unpaired) electrons. The van der Waals surface area contributed by atoms with E-state index < -0.39 is 6.04 Å². The molecular weight excluding hydrogens is 320 g/mol. The Kier molecular flexibility index (Phi) is 5.45. The number of carbonyl (C=O) groups excluding carboxylic acids is 3. The van der Waals surface area contributed by atoms with Gasteiger partial charge in [0.2, 0.25) is 11.8 Å². The highest BCUT2D eigenvalue weighted by atomic mass is 16.2. The van der Waals surface area contributed by atoms with Gasteiger partial charge in [-0.3, -0.25) is 19.7 Å². The van der Waals surface area contributed by atoms with Crippen LogP contribution >= 0.6 is 0 Å². The molecule has 1 saturated heterocycles. The zero-order valence-electron chi connectivity index (χ0n) is 14.4. The third-order valence-electron chi connectivity index (χ3n) is 4.65. The second kappa shape index (κ2) is 7.76. The lowest BCUT2D eigenvalue weighted by atomic mass is 10.0. The molecular formula is C18H24N4O3. The number of benzene rings is 1. The molecule has 0 saturated carbocycles. The maximum absolute atomic E-state index is 12.6. The number of likely N-dealkylation sites (N-methyl/N-ethyl adjacent to an activating group) is 1. The molecule has 7 nitrogen and oxygen atoms in total. The van der Waals surface area contributed by atoms with E-state index in [4.69, 9.17) is 0 Å². The average molecular weight is 344 g/mol. The molecule has 0 aromatic heterocycles. The number of piperidine rings is 1. The Balaban J connectivity index is 1.63. The Hall–Kier alpha value is -2.25. The van der Waals surface area contributed by atoms with Crippen LogP contribution in [0.25, 0.3) is 0 Å². The fourth-order valence-electron chi connectivity index (χ4n) is 3.32. The molecule has 25 heavy (non-hydrogen) atoms. The molecule has 2 aliphatic rings. The van der Waals surface area contributed by atoms with Gasteiger partial charge in [-0.1, -0.05) is 19.1 Å². The standard InChI is InChI=1S/C18H24N4O3/c1-2-19-7-8-20-10-12-3-4-14-13(9-12)11-22(18(14)25)15-5-6-16(23)21-17(15)24/h3-4,9,15,19-20H,2,5-8,10-11H2,1H3,(H,21,23,24). The molecule has 1 fully saturated rings. The SMILES string of the molecule is CCNCCNCc1ccc2c(c1)CN(C1CCC(=O)NC1=O)C2=O. The number of hydrogen-bond acceptors (Lipinski definition) is 5. The van der Waals surface area contributed by atoms with E-state index in [9.17, 15) is 14.4 Å². The zero-order chi connectivity index (χ0) is 17.8. The summed E-state index contributed by atoms with van der Waals surface area (Å²) < 4.78 is 0. The van der Waals surface area contributed by atoms with Gasteiger partial charge in [-0.15, -0.1) is 0 Å². The van der Waals surface area contributed by atoms with Gasteiger partial charge < -0.3 is 15.5 Å². The fraction of sp³-hybridized carbons (Fsp3) is 0.500. The molecule has 2 aliphatic heterocycles.